The summed E-state index contributed by atoms with van der Waals surface area (Å²) in [4.78, 5) is 12.9. The number of nitrogen functional groups attached to an aromatic ring is 1. The van der Waals surface area contributed by atoms with Gasteiger partial charge in [0, 0.05) is 50.3 Å². The van der Waals surface area contributed by atoms with E-state index in [1.807, 2.05) is 12.3 Å². The number of rotatable bonds is 8. The van der Waals surface area contributed by atoms with Crippen molar-refractivity contribution in [1.82, 2.24) is 20.3 Å². The summed E-state index contributed by atoms with van der Waals surface area (Å²) in [5.41, 5.74) is 9.76. The van der Waals surface area contributed by atoms with Crippen LogP contribution >= 0.6 is 0 Å². The number of morpholine rings is 1. The highest BCUT2D eigenvalue weighted by molar-refractivity contribution is 5.79. The van der Waals surface area contributed by atoms with Crippen LogP contribution in [0.25, 0.3) is 11.1 Å². The molecule has 0 unspecified atom stereocenters. The Morgan fingerprint density at radius 2 is 1.97 bits per heavy atom. The number of nitrogens with one attached hydrogen (secondary N) is 3. The van der Waals surface area contributed by atoms with Crippen LogP contribution in [0.5, 0.6) is 0 Å². The monoisotopic (exact) mass is 421 g/mol. The Morgan fingerprint density at radius 3 is 2.68 bits per heavy atom. The number of nitrogens with zero attached hydrogens (tertiary/aromatic N) is 3. The second-order valence-corrected chi connectivity index (χ2v) is 7.27. The summed E-state index contributed by atoms with van der Waals surface area (Å²) < 4.78 is 11.0. The summed E-state index contributed by atoms with van der Waals surface area (Å²) in [5.74, 6) is 1.60. The van der Waals surface area contributed by atoms with E-state index in [0.29, 0.717) is 30.6 Å². The molecule has 3 heterocycles. The lowest BCUT2D eigenvalue weighted by Crippen LogP contribution is -2.42. The zero-order valence-electron chi connectivity index (χ0n) is 17.5. The maximum absolute atomic E-state index is 5.82. The fourth-order valence-corrected chi connectivity index (χ4v) is 3.36. The maximum Gasteiger partial charge on any atom is 0.150 e. The minimum atomic E-state index is 0.109. The molecule has 0 radical (unpaired) electrons. The van der Waals surface area contributed by atoms with Gasteiger partial charge >= 0.3 is 0 Å². The van der Waals surface area contributed by atoms with E-state index in [1.54, 1.807) is 13.3 Å². The third-order valence-corrected chi connectivity index (χ3v) is 4.93. The number of hydrogen-bond acceptors (Lipinski definition) is 9. The van der Waals surface area contributed by atoms with E-state index in [1.165, 1.54) is 6.20 Å². The number of hydrogen-bond donors (Lipinski definition) is 4. The first-order valence-electron chi connectivity index (χ1n) is 10.2. The molecule has 1 aliphatic rings. The second-order valence-electron chi connectivity index (χ2n) is 7.27. The third kappa shape index (κ3) is 5.66. The van der Waals surface area contributed by atoms with E-state index < -0.39 is 0 Å². The largest absolute Gasteiger partial charge is 0.382 e. The van der Waals surface area contributed by atoms with Crippen molar-refractivity contribution >= 4 is 23.1 Å². The van der Waals surface area contributed by atoms with Gasteiger partial charge < -0.3 is 31.2 Å². The highest BCUT2D eigenvalue weighted by Gasteiger charge is 2.15. The summed E-state index contributed by atoms with van der Waals surface area (Å²) in [6.07, 6.45) is 5.04. The molecule has 0 amide bonds. The van der Waals surface area contributed by atoms with Crippen molar-refractivity contribution in [3.05, 3.63) is 54.5 Å². The number of methoxy groups -OCH3 is 1. The molecule has 0 bridgehead atoms. The van der Waals surface area contributed by atoms with Gasteiger partial charge in [0.1, 0.15) is 17.5 Å². The molecular weight excluding hydrogens is 394 g/mol. The van der Waals surface area contributed by atoms with Crippen LogP contribution in [0.15, 0.2) is 48.9 Å². The number of ether oxygens (including phenoxy) is 2. The van der Waals surface area contributed by atoms with Gasteiger partial charge in [-0.25, -0.2) is 15.0 Å². The van der Waals surface area contributed by atoms with E-state index in [4.69, 9.17) is 15.2 Å². The highest BCUT2D eigenvalue weighted by atomic mass is 16.5. The maximum atomic E-state index is 5.82. The second kappa shape index (κ2) is 10.2. The first-order valence-corrected chi connectivity index (χ1v) is 10.2. The van der Waals surface area contributed by atoms with E-state index in [9.17, 15) is 0 Å². The van der Waals surface area contributed by atoms with Crippen LogP contribution in [0.1, 0.15) is 5.56 Å². The third-order valence-electron chi connectivity index (χ3n) is 4.93. The predicted octanol–water partition coefficient (Wildman–Crippen LogP) is 2.41. The lowest BCUT2D eigenvalue weighted by atomic mass is 10.0. The Hall–Kier alpha value is -3.27. The molecule has 0 saturated carbocycles. The van der Waals surface area contributed by atoms with Gasteiger partial charge in [-0.3, -0.25) is 0 Å². The first kappa shape index (κ1) is 21.0. The summed E-state index contributed by atoms with van der Waals surface area (Å²) in [5, 5.41) is 10.1. The fourth-order valence-electron chi connectivity index (χ4n) is 3.36. The van der Waals surface area contributed by atoms with Crippen molar-refractivity contribution in [1.29, 1.82) is 0 Å². The number of pyridine rings is 1. The fraction of sp³-hybridized carbons (Fsp3) is 0.318. The molecule has 1 aromatic carbocycles. The van der Waals surface area contributed by atoms with Crippen molar-refractivity contribution < 1.29 is 9.47 Å². The zero-order valence-corrected chi connectivity index (χ0v) is 17.5. The molecule has 1 atom stereocenters. The van der Waals surface area contributed by atoms with Gasteiger partial charge in [-0.15, -0.1) is 0 Å². The van der Waals surface area contributed by atoms with E-state index in [-0.39, 0.29) is 6.10 Å². The van der Waals surface area contributed by atoms with Gasteiger partial charge in [-0.2, -0.15) is 0 Å². The van der Waals surface area contributed by atoms with Gasteiger partial charge in [-0.05, 0) is 11.1 Å². The number of aromatic nitrogens is 3. The van der Waals surface area contributed by atoms with Crippen molar-refractivity contribution in [2.45, 2.75) is 12.7 Å². The quantitative estimate of drug-likeness (QED) is 0.435. The smallest absolute Gasteiger partial charge is 0.150 e. The van der Waals surface area contributed by atoms with Crippen LogP contribution in [0.4, 0.5) is 23.1 Å². The molecule has 0 spiro atoms. The van der Waals surface area contributed by atoms with Gasteiger partial charge in [0.25, 0.3) is 0 Å². The Bertz CT molecular complexity index is 974. The van der Waals surface area contributed by atoms with Crippen molar-refractivity contribution in [2.75, 3.05) is 49.7 Å². The summed E-state index contributed by atoms with van der Waals surface area (Å²) in [6, 6.07) is 10.2. The van der Waals surface area contributed by atoms with Crippen LogP contribution < -0.4 is 21.7 Å². The average molecular weight is 422 g/mol. The topological polar surface area (TPSA) is 119 Å². The van der Waals surface area contributed by atoms with Gasteiger partial charge in [-0.1, -0.05) is 24.3 Å². The normalized spacial score (nSPS) is 16.1. The molecular formula is C22H27N7O2. The van der Waals surface area contributed by atoms with E-state index in [0.717, 1.165) is 42.1 Å². The summed E-state index contributed by atoms with van der Waals surface area (Å²) in [7, 11) is 1.69. The number of anilines is 4. The summed E-state index contributed by atoms with van der Waals surface area (Å²) >= 11 is 0. The van der Waals surface area contributed by atoms with E-state index >= 15 is 0 Å². The van der Waals surface area contributed by atoms with Crippen molar-refractivity contribution in [3.8, 4) is 11.1 Å². The van der Waals surface area contributed by atoms with Gasteiger partial charge in [0.15, 0.2) is 0 Å². The van der Waals surface area contributed by atoms with Crippen molar-refractivity contribution in [3.63, 3.8) is 0 Å². The molecule has 9 nitrogen and oxygen atoms in total. The lowest BCUT2D eigenvalue weighted by molar-refractivity contribution is 0.0372. The molecule has 162 valence electrons. The Kier molecular flexibility index (Phi) is 6.88. The molecule has 1 saturated heterocycles. The Balaban J connectivity index is 1.58. The SMILES string of the molecule is COCc1ccc(-c2cnc(Nc3cnc(N)cn3)cc2NC[C@@H]2CNCCO2)cc1. The lowest BCUT2D eigenvalue weighted by Gasteiger charge is -2.25. The molecule has 0 aliphatic carbocycles. The van der Waals surface area contributed by atoms with E-state index in [2.05, 4.69) is 55.2 Å². The molecule has 2 aromatic heterocycles. The molecule has 3 aromatic rings. The number of benzene rings is 1. The highest BCUT2D eigenvalue weighted by Crippen LogP contribution is 2.30. The zero-order chi connectivity index (χ0) is 21.5. The predicted molar refractivity (Wildman–Crippen MR) is 121 cm³/mol. The van der Waals surface area contributed by atoms with Crippen LogP contribution in [0.3, 0.4) is 0 Å². The van der Waals surface area contributed by atoms with Crippen molar-refractivity contribution in [2.24, 2.45) is 0 Å². The minimum Gasteiger partial charge on any atom is -0.382 e. The van der Waals surface area contributed by atoms with Crippen LogP contribution in [0, 0.1) is 0 Å². The van der Waals surface area contributed by atoms with Crippen LogP contribution in [-0.2, 0) is 16.1 Å². The molecule has 1 fully saturated rings. The van der Waals surface area contributed by atoms with Crippen LogP contribution in [-0.4, -0.2) is 54.4 Å². The molecule has 5 N–H and O–H groups in total. The Morgan fingerprint density at radius 1 is 1.13 bits per heavy atom. The molecule has 4 rings (SSSR count). The van der Waals surface area contributed by atoms with Gasteiger partial charge in [0.2, 0.25) is 0 Å². The van der Waals surface area contributed by atoms with Crippen LogP contribution in [0.2, 0.25) is 0 Å². The Labute approximate surface area is 181 Å². The summed E-state index contributed by atoms with van der Waals surface area (Å²) in [6.45, 7) is 3.71. The molecule has 9 heteroatoms. The standard InChI is InChI=1S/C22H27N7O2/c1-30-14-15-2-4-16(5-3-15)18-11-27-21(29-22-13-26-20(23)12-28-22)8-19(18)25-10-17-9-24-6-7-31-17/h2-5,8,11-13,17,24H,6-7,9-10,14H2,1H3,(H2,23,26)(H2,25,27,28,29)/t17-/m0/s1. The number of nitrogens with two attached hydrogens (primary N) is 1. The average Bonchev–Trinajstić information content (AvgIpc) is 2.81. The minimum absolute atomic E-state index is 0.109. The first-order chi connectivity index (χ1) is 15.2. The molecule has 1 aliphatic heterocycles. The molecule has 31 heavy (non-hydrogen) atoms. The van der Waals surface area contributed by atoms with Gasteiger partial charge in [0.05, 0.1) is 31.7 Å².